The summed E-state index contributed by atoms with van der Waals surface area (Å²) in [5.74, 6) is 1.02. The predicted octanol–water partition coefficient (Wildman–Crippen LogP) is 4.30. The van der Waals surface area contributed by atoms with Crippen LogP contribution in [0.4, 0.5) is 5.69 Å². The number of hydrogen-bond donors (Lipinski definition) is 2. The molecule has 2 N–H and O–H groups in total. The van der Waals surface area contributed by atoms with Gasteiger partial charge in [0.1, 0.15) is 0 Å². The molecule has 146 valence electrons. The summed E-state index contributed by atoms with van der Waals surface area (Å²) < 4.78 is 11.4. The van der Waals surface area contributed by atoms with E-state index in [1.807, 2.05) is 56.3 Å². The summed E-state index contributed by atoms with van der Waals surface area (Å²) >= 11 is 0. The molecule has 5 nitrogen and oxygen atoms in total. The average molecular weight is 370 g/mol. The van der Waals surface area contributed by atoms with Crippen LogP contribution in [0, 0.1) is 6.92 Å². The Bertz CT molecular complexity index is 729. The maximum atomic E-state index is 12.1. The van der Waals surface area contributed by atoms with Gasteiger partial charge in [-0.1, -0.05) is 30.7 Å². The van der Waals surface area contributed by atoms with E-state index >= 15 is 0 Å². The van der Waals surface area contributed by atoms with Crippen molar-refractivity contribution in [3.63, 3.8) is 0 Å². The van der Waals surface area contributed by atoms with Crippen LogP contribution in [0.25, 0.3) is 0 Å². The molecule has 0 spiro atoms. The van der Waals surface area contributed by atoms with E-state index in [0.29, 0.717) is 24.1 Å². The number of benzene rings is 2. The van der Waals surface area contributed by atoms with Crippen LogP contribution in [0.5, 0.6) is 11.5 Å². The van der Waals surface area contributed by atoms with Gasteiger partial charge in [0.2, 0.25) is 0 Å². The lowest BCUT2D eigenvalue weighted by Crippen LogP contribution is -2.24. The van der Waals surface area contributed by atoms with Gasteiger partial charge in [-0.15, -0.1) is 0 Å². The second-order valence-corrected chi connectivity index (χ2v) is 6.61. The second-order valence-electron chi connectivity index (χ2n) is 6.61. The molecule has 27 heavy (non-hydrogen) atoms. The molecular formula is C22H30N2O3. The quantitative estimate of drug-likeness (QED) is 0.655. The van der Waals surface area contributed by atoms with Gasteiger partial charge < -0.3 is 20.1 Å². The zero-order valence-electron chi connectivity index (χ0n) is 16.7. The van der Waals surface area contributed by atoms with E-state index in [9.17, 15) is 4.79 Å². The van der Waals surface area contributed by atoms with Crippen molar-refractivity contribution in [1.29, 1.82) is 0 Å². The number of amides is 1. The molecule has 0 unspecified atom stereocenters. The molecule has 0 bridgehead atoms. The van der Waals surface area contributed by atoms with Crippen LogP contribution in [0.2, 0.25) is 0 Å². The van der Waals surface area contributed by atoms with E-state index in [-0.39, 0.29) is 12.5 Å². The van der Waals surface area contributed by atoms with E-state index in [0.717, 1.165) is 29.8 Å². The maximum Gasteiger partial charge on any atom is 0.262 e. The highest BCUT2D eigenvalue weighted by Gasteiger charge is 2.10. The molecule has 0 aromatic heterocycles. The Hall–Kier alpha value is -2.53. The number of rotatable bonds is 10. The number of ether oxygens (including phenoxy) is 2. The minimum atomic E-state index is -0.205. The molecule has 0 heterocycles. The lowest BCUT2D eigenvalue weighted by molar-refractivity contribution is -0.118. The minimum absolute atomic E-state index is 0.0710. The van der Waals surface area contributed by atoms with Gasteiger partial charge in [-0.2, -0.15) is 0 Å². The first-order valence-electron chi connectivity index (χ1n) is 9.50. The van der Waals surface area contributed by atoms with Crippen molar-refractivity contribution in [2.45, 2.75) is 46.7 Å². The third kappa shape index (κ3) is 6.94. The first-order valence-corrected chi connectivity index (χ1v) is 9.50. The van der Waals surface area contributed by atoms with Crippen LogP contribution in [0.15, 0.2) is 42.5 Å². The zero-order chi connectivity index (χ0) is 19.6. The average Bonchev–Trinajstić information content (AvgIpc) is 2.67. The minimum Gasteiger partial charge on any atom is -0.490 e. The molecule has 0 fully saturated rings. The van der Waals surface area contributed by atoms with Gasteiger partial charge in [-0.25, -0.2) is 0 Å². The first-order chi connectivity index (χ1) is 13.0. The highest BCUT2D eigenvalue weighted by molar-refractivity contribution is 5.91. The first kappa shape index (κ1) is 20.8. The Morgan fingerprint density at radius 2 is 1.78 bits per heavy atom. The number of carbonyl (C=O) groups excluding carboxylic acids is 1. The molecule has 0 aliphatic rings. The Labute approximate surface area is 162 Å². The molecule has 2 aromatic rings. The predicted molar refractivity (Wildman–Crippen MR) is 110 cm³/mol. The van der Waals surface area contributed by atoms with Gasteiger partial charge >= 0.3 is 0 Å². The Kier molecular flexibility index (Phi) is 8.14. The molecule has 5 heteroatoms. The lowest BCUT2D eigenvalue weighted by Gasteiger charge is -2.15. The SMILES string of the molecule is CCOc1cc(CN[C@@H](C)CC)ccc1OCC(=O)Nc1ccc(C)cc1. The van der Waals surface area contributed by atoms with E-state index in [2.05, 4.69) is 24.5 Å². The fourth-order valence-corrected chi connectivity index (χ4v) is 2.46. The van der Waals surface area contributed by atoms with E-state index in [4.69, 9.17) is 9.47 Å². The van der Waals surface area contributed by atoms with Crippen molar-refractivity contribution in [1.82, 2.24) is 5.32 Å². The smallest absolute Gasteiger partial charge is 0.262 e. The van der Waals surface area contributed by atoms with Crippen LogP contribution in [-0.2, 0) is 11.3 Å². The summed E-state index contributed by atoms with van der Waals surface area (Å²) in [6.07, 6.45) is 1.08. The Balaban J connectivity index is 1.95. The third-order valence-corrected chi connectivity index (χ3v) is 4.27. The number of aryl methyl sites for hydroxylation is 1. The number of anilines is 1. The van der Waals surface area contributed by atoms with Crippen molar-refractivity contribution < 1.29 is 14.3 Å². The number of carbonyl (C=O) groups is 1. The van der Waals surface area contributed by atoms with Crippen molar-refractivity contribution in [3.05, 3.63) is 53.6 Å². The van der Waals surface area contributed by atoms with Crippen molar-refractivity contribution >= 4 is 11.6 Å². The summed E-state index contributed by atoms with van der Waals surface area (Å²) in [4.78, 5) is 12.1. The van der Waals surface area contributed by atoms with Gasteiger partial charge in [0.15, 0.2) is 18.1 Å². The van der Waals surface area contributed by atoms with Crippen molar-refractivity contribution in [2.75, 3.05) is 18.5 Å². The molecule has 1 atom stereocenters. The standard InChI is InChI=1S/C22H30N2O3/c1-5-17(4)23-14-18-9-12-20(21(13-18)26-6-2)27-15-22(25)24-19-10-7-16(3)8-11-19/h7-13,17,23H,5-6,14-15H2,1-4H3,(H,24,25)/t17-/m0/s1. The van der Waals surface area contributed by atoms with E-state index in [1.165, 1.54) is 0 Å². The van der Waals surface area contributed by atoms with Crippen LogP contribution in [0.1, 0.15) is 38.3 Å². The molecule has 2 aromatic carbocycles. The topological polar surface area (TPSA) is 59.6 Å². The van der Waals surface area contributed by atoms with Gasteiger partial charge in [-0.05, 0) is 57.0 Å². The molecule has 0 saturated carbocycles. The molecule has 1 amide bonds. The molecule has 0 aliphatic carbocycles. The molecule has 2 rings (SSSR count). The molecule has 0 aliphatic heterocycles. The molecular weight excluding hydrogens is 340 g/mol. The van der Waals surface area contributed by atoms with Gasteiger partial charge in [-0.3, -0.25) is 4.79 Å². The van der Waals surface area contributed by atoms with Crippen molar-refractivity contribution in [2.24, 2.45) is 0 Å². The number of hydrogen-bond acceptors (Lipinski definition) is 4. The Morgan fingerprint density at radius 3 is 2.44 bits per heavy atom. The van der Waals surface area contributed by atoms with E-state index < -0.39 is 0 Å². The summed E-state index contributed by atoms with van der Waals surface area (Å²) in [7, 11) is 0. The van der Waals surface area contributed by atoms with Crippen LogP contribution >= 0.6 is 0 Å². The van der Waals surface area contributed by atoms with Gasteiger partial charge in [0.25, 0.3) is 5.91 Å². The summed E-state index contributed by atoms with van der Waals surface area (Å²) in [6, 6.07) is 13.9. The summed E-state index contributed by atoms with van der Waals surface area (Å²) in [5.41, 5.74) is 3.02. The molecule has 0 saturated heterocycles. The van der Waals surface area contributed by atoms with E-state index in [1.54, 1.807) is 0 Å². The maximum absolute atomic E-state index is 12.1. The normalized spacial score (nSPS) is 11.7. The highest BCUT2D eigenvalue weighted by atomic mass is 16.5. The fraction of sp³-hybridized carbons (Fsp3) is 0.409. The monoisotopic (exact) mass is 370 g/mol. The Morgan fingerprint density at radius 1 is 1.04 bits per heavy atom. The summed E-state index contributed by atoms with van der Waals surface area (Å²) in [6.45, 7) is 9.48. The highest BCUT2D eigenvalue weighted by Crippen LogP contribution is 2.28. The fourth-order valence-electron chi connectivity index (χ4n) is 2.46. The van der Waals surface area contributed by atoms with Crippen LogP contribution in [0.3, 0.4) is 0 Å². The van der Waals surface area contributed by atoms with Crippen LogP contribution in [-0.4, -0.2) is 25.2 Å². The van der Waals surface area contributed by atoms with Crippen molar-refractivity contribution in [3.8, 4) is 11.5 Å². The lowest BCUT2D eigenvalue weighted by atomic mass is 10.1. The summed E-state index contributed by atoms with van der Waals surface area (Å²) in [5, 5.41) is 6.28. The second kappa shape index (κ2) is 10.6. The van der Waals surface area contributed by atoms with Gasteiger partial charge in [0, 0.05) is 18.3 Å². The van der Waals surface area contributed by atoms with Crippen LogP contribution < -0.4 is 20.1 Å². The number of nitrogens with one attached hydrogen (secondary N) is 2. The third-order valence-electron chi connectivity index (χ3n) is 4.27. The van der Waals surface area contributed by atoms with Gasteiger partial charge in [0.05, 0.1) is 6.61 Å². The molecule has 0 radical (unpaired) electrons. The zero-order valence-corrected chi connectivity index (χ0v) is 16.7. The largest absolute Gasteiger partial charge is 0.490 e.